The Kier molecular flexibility index (Phi) is 5.85. The zero-order valence-corrected chi connectivity index (χ0v) is 14.3. The van der Waals surface area contributed by atoms with Gasteiger partial charge < -0.3 is 14.8 Å². The quantitative estimate of drug-likeness (QED) is 0.844. The maximum absolute atomic E-state index is 12.3. The molecule has 2 atom stereocenters. The van der Waals surface area contributed by atoms with E-state index in [-0.39, 0.29) is 30.6 Å². The largest absolute Gasteiger partial charge is 0.468 e. The number of nitrogens with one attached hydrogen (secondary N) is 1. The molecule has 1 aromatic carbocycles. The molecule has 24 heavy (non-hydrogen) atoms. The van der Waals surface area contributed by atoms with Crippen LogP contribution in [0.3, 0.4) is 0 Å². The Hall–Kier alpha value is -2.05. The van der Waals surface area contributed by atoms with Crippen molar-refractivity contribution in [1.29, 1.82) is 0 Å². The van der Waals surface area contributed by atoms with Crippen LogP contribution in [-0.2, 0) is 27.4 Å². The number of amides is 1. The molecule has 0 aliphatic carbocycles. The van der Waals surface area contributed by atoms with Crippen molar-refractivity contribution < 1.29 is 19.1 Å². The van der Waals surface area contributed by atoms with E-state index in [4.69, 9.17) is 9.47 Å². The molecule has 2 heterocycles. The topological polar surface area (TPSA) is 67.9 Å². The summed E-state index contributed by atoms with van der Waals surface area (Å²) in [5.41, 5.74) is 3.29. The van der Waals surface area contributed by atoms with Crippen molar-refractivity contribution in [2.24, 2.45) is 0 Å². The van der Waals surface area contributed by atoms with Crippen LogP contribution in [0.15, 0.2) is 24.8 Å². The fourth-order valence-corrected chi connectivity index (χ4v) is 3.10. The van der Waals surface area contributed by atoms with Gasteiger partial charge in [0.2, 0.25) is 0 Å². The van der Waals surface area contributed by atoms with E-state index >= 15 is 0 Å². The Balaban J connectivity index is 0.00000208. The number of nitrogens with zero attached hydrogens (tertiary/aromatic N) is 1. The Bertz CT molecular complexity index is 649. The summed E-state index contributed by atoms with van der Waals surface area (Å²) in [6, 6.07) is 5.57. The molecule has 6 nitrogen and oxygen atoms in total. The molecule has 1 saturated heterocycles. The minimum Gasteiger partial charge on any atom is -0.468 e. The van der Waals surface area contributed by atoms with Gasteiger partial charge in [0.25, 0.3) is 0 Å². The molecule has 2 aliphatic rings. The number of fused-ring (bicyclic) bond motifs is 1. The Morgan fingerprint density at radius 1 is 1.38 bits per heavy atom. The van der Waals surface area contributed by atoms with Gasteiger partial charge in [0.05, 0.1) is 13.7 Å². The molecule has 0 bridgehead atoms. The van der Waals surface area contributed by atoms with Crippen LogP contribution in [0, 0.1) is 0 Å². The first kappa shape index (κ1) is 18.3. The first-order valence-corrected chi connectivity index (χ1v) is 7.62. The van der Waals surface area contributed by atoms with Gasteiger partial charge in [0.1, 0.15) is 12.1 Å². The predicted octanol–water partition coefficient (Wildman–Crippen LogP) is 2.11. The summed E-state index contributed by atoms with van der Waals surface area (Å²) in [4.78, 5) is 25.5. The van der Waals surface area contributed by atoms with E-state index < -0.39 is 6.04 Å². The Morgan fingerprint density at radius 3 is 2.88 bits per heavy atom. The van der Waals surface area contributed by atoms with Crippen LogP contribution in [-0.4, -0.2) is 42.8 Å². The molecule has 1 amide bonds. The third-order valence-electron chi connectivity index (χ3n) is 4.34. The van der Waals surface area contributed by atoms with E-state index in [1.54, 1.807) is 11.0 Å². The number of carbonyl (C=O) groups is 2. The summed E-state index contributed by atoms with van der Waals surface area (Å²) in [7, 11) is 1.35. The highest BCUT2D eigenvalue weighted by molar-refractivity contribution is 5.85. The van der Waals surface area contributed by atoms with Crippen LogP contribution in [0.25, 0.3) is 6.08 Å². The highest BCUT2D eigenvalue weighted by Gasteiger charge is 2.34. The summed E-state index contributed by atoms with van der Waals surface area (Å²) < 4.78 is 10.2. The summed E-state index contributed by atoms with van der Waals surface area (Å²) >= 11 is 0. The number of ether oxygens (including phenoxy) is 2. The molecule has 130 valence electrons. The second-order valence-corrected chi connectivity index (χ2v) is 5.77. The van der Waals surface area contributed by atoms with Crippen molar-refractivity contribution in [2.45, 2.75) is 31.7 Å². The Morgan fingerprint density at radius 2 is 2.17 bits per heavy atom. The molecular formula is C17H21ClN2O4. The Labute approximate surface area is 147 Å². The fraction of sp³-hybridized carbons (Fsp3) is 0.412. The van der Waals surface area contributed by atoms with Crippen molar-refractivity contribution >= 4 is 30.5 Å². The van der Waals surface area contributed by atoms with Crippen molar-refractivity contribution in [3.8, 4) is 0 Å². The van der Waals surface area contributed by atoms with Gasteiger partial charge in [-0.1, -0.05) is 30.9 Å². The lowest BCUT2D eigenvalue weighted by molar-refractivity contribution is -0.142. The minimum atomic E-state index is -0.402. The van der Waals surface area contributed by atoms with Gasteiger partial charge in [-0.05, 0) is 16.7 Å². The van der Waals surface area contributed by atoms with E-state index in [1.807, 2.05) is 18.2 Å². The molecule has 0 radical (unpaired) electrons. The second-order valence-electron chi connectivity index (χ2n) is 5.77. The van der Waals surface area contributed by atoms with Crippen molar-refractivity contribution in [3.63, 3.8) is 0 Å². The highest BCUT2D eigenvalue weighted by atomic mass is 35.5. The van der Waals surface area contributed by atoms with Crippen LogP contribution < -0.4 is 5.32 Å². The van der Waals surface area contributed by atoms with Crippen LogP contribution in [0.2, 0.25) is 0 Å². The SMILES string of the molecule is C=Cc1cccc2c1CN(C(=O)OC1CNC(C(=O)OC)C1)C2.Cl. The number of carbonyl (C=O) groups excluding carboxylic acids is 2. The molecule has 0 saturated carbocycles. The molecule has 2 aliphatic heterocycles. The lowest BCUT2D eigenvalue weighted by atomic mass is 10.0. The zero-order valence-electron chi connectivity index (χ0n) is 13.5. The maximum Gasteiger partial charge on any atom is 0.410 e. The lowest BCUT2D eigenvalue weighted by Gasteiger charge is -2.18. The molecule has 1 aromatic rings. The normalized spacial score (nSPS) is 21.6. The average Bonchev–Trinajstić information content (AvgIpc) is 3.20. The third kappa shape index (κ3) is 3.55. The summed E-state index contributed by atoms with van der Waals surface area (Å²) in [6.45, 7) is 5.33. The maximum atomic E-state index is 12.3. The van der Waals surface area contributed by atoms with Crippen LogP contribution in [0.4, 0.5) is 4.79 Å². The number of esters is 1. The van der Waals surface area contributed by atoms with Crippen molar-refractivity contribution in [2.75, 3.05) is 13.7 Å². The summed E-state index contributed by atoms with van der Waals surface area (Å²) in [5, 5.41) is 3.01. The number of hydrogen-bond acceptors (Lipinski definition) is 5. The standard InChI is InChI=1S/C17H20N2O4.ClH/c1-3-11-5-4-6-12-9-19(10-14(11)12)17(21)23-13-7-15(18-8-13)16(20)22-2;/h3-6,13,15,18H,1,7-10H2,2H3;1H. The van der Waals surface area contributed by atoms with Gasteiger partial charge in [-0.25, -0.2) is 4.79 Å². The van der Waals surface area contributed by atoms with Gasteiger partial charge in [-0.15, -0.1) is 12.4 Å². The van der Waals surface area contributed by atoms with Gasteiger partial charge in [-0.3, -0.25) is 9.69 Å². The molecule has 2 unspecified atom stereocenters. The number of benzene rings is 1. The van der Waals surface area contributed by atoms with E-state index in [1.165, 1.54) is 7.11 Å². The van der Waals surface area contributed by atoms with E-state index in [9.17, 15) is 9.59 Å². The fourth-order valence-electron chi connectivity index (χ4n) is 3.10. The van der Waals surface area contributed by atoms with Gasteiger partial charge >= 0.3 is 12.1 Å². The van der Waals surface area contributed by atoms with Crippen molar-refractivity contribution in [1.82, 2.24) is 10.2 Å². The number of hydrogen-bond donors (Lipinski definition) is 1. The van der Waals surface area contributed by atoms with E-state index in [0.717, 1.165) is 16.7 Å². The van der Waals surface area contributed by atoms with Crippen LogP contribution in [0.5, 0.6) is 0 Å². The molecule has 1 fully saturated rings. The van der Waals surface area contributed by atoms with E-state index in [0.29, 0.717) is 26.1 Å². The van der Waals surface area contributed by atoms with Gasteiger partial charge in [0, 0.05) is 19.5 Å². The van der Waals surface area contributed by atoms with Crippen LogP contribution >= 0.6 is 12.4 Å². The third-order valence-corrected chi connectivity index (χ3v) is 4.34. The smallest absolute Gasteiger partial charge is 0.410 e. The first-order chi connectivity index (χ1) is 11.1. The van der Waals surface area contributed by atoms with Crippen LogP contribution in [0.1, 0.15) is 23.1 Å². The molecular weight excluding hydrogens is 332 g/mol. The summed E-state index contributed by atoms with van der Waals surface area (Å²) in [5.74, 6) is -0.326. The lowest BCUT2D eigenvalue weighted by Crippen LogP contribution is -2.31. The highest BCUT2D eigenvalue weighted by Crippen LogP contribution is 2.27. The molecule has 0 aromatic heterocycles. The monoisotopic (exact) mass is 352 g/mol. The van der Waals surface area contributed by atoms with E-state index in [2.05, 4.69) is 11.9 Å². The summed E-state index contributed by atoms with van der Waals surface area (Å²) in [6.07, 6.45) is 1.58. The second kappa shape index (κ2) is 7.68. The minimum absolute atomic E-state index is 0. The average molecular weight is 353 g/mol. The first-order valence-electron chi connectivity index (χ1n) is 7.62. The molecule has 0 spiro atoms. The predicted molar refractivity (Wildman–Crippen MR) is 91.7 cm³/mol. The van der Waals surface area contributed by atoms with Gasteiger partial charge in [-0.2, -0.15) is 0 Å². The number of methoxy groups -OCH3 is 1. The zero-order chi connectivity index (χ0) is 16.4. The molecule has 3 rings (SSSR count). The number of rotatable bonds is 3. The van der Waals surface area contributed by atoms with Crippen molar-refractivity contribution in [3.05, 3.63) is 41.5 Å². The molecule has 1 N–H and O–H groups in total. The number of halogens is 1. The molecule has 7 heteroatoms. The van der Waals surface area contributed by atoms with Gasteiger partial charge in [0.15, 0.2) is 0 Å².